The maximum absolute atomic E-state index is 12.5. The topological polar surface area (TPSA) is 84.3 Å². The maximum Gasteiger partial charge on any atom is 0.271 e. The van der Waals surface area contributed by atoms with Gasteiger partial charge in [0.15, 0.2) is 5.69 Å². The van der Waals surface area contributed by atoms with Gasteiger partial charge < -0.3 is 5.32 Å². The molecule has 2 heterocycles. The summed E-state index contributed by atoms with van der Waals surface area (Å²) in [4.78, 5) is 16.2. The first-order valence-electron chi connectivity index (χ1n) is 6.31. The van der Waals surface area contributed by atoms with Crippen molar-refractivity contribution in [3.63, 3.8) is 0 Å². The molecule has 1 aromatic carbocycles. The van der Waals surface area contributed by atoms with Crippen molar-refractivity contribution in [2.75, 3.05) is 14.1 Å². The molecule has 1 aliphatic rings. The first-order valence-corrected chi connectivity index (χ1v) is 7.75. The van der Waals surface area contributed by atoms with Gasteiger partial charge in [-0.1, -0.05) is 12.1 Å². The molecular weight excluding hydrogens is 292 g/mol. The van der Waals surface area contributed by atoms with E-state index in [1.165, 1.54) is 24.7 Å². The van der Waals surface area contributed by atoms with Gasteiger partial charge in [0, 0.05) is 14.1 Å². The van der Waals surface area contributed by atoms with E-state index < -0.39 is 10.0 Å². The summed E-state index contributed by atoms with van der Waals surface area (Å²) >= 11 is 0. The van der Waals surface area contributed by atoms with E-state index in [9.17, 15) is 13.2 Å². The predicted molar refractivity (Wildman–Crippen MR) is 75.6 cm³/mol. The van der Waals surface area contributed by atoms with Crippen molar-refractivity contribution in [3.05, 3.63) is 42.0 Å². The van der Waals surface area contributed by atoms with Crippen molar-refractivity contribution in [2.24, 2.45) is 0 Å². The van der Waals surface area contributed by atoms with E-state index in [2.05, 4.69) is 10.3 Å². The lowest BCUT2D eigenvalue weighted by Crippen LogP contribution is -2.27. The lowest BCUT2D eigenvalue weighted by atomic mass is 10.2. The first kappa shape index (κ1) is 13.8. The number of imidazole rings is 1. The lowest BCUT2D eigenvalue weighted by Gasteiger charge is -2.14. The molecule has 2 aromatic rings. The second-order valence-electron chi connectivity index (χ2n) is 4.72. The number of rotatable bonds is 1. The minimum atomic E-state index is -3.59. The number of hydrogen-bond acceptors (Lipinski definition) is 4. The molecule has 0 fully saturated rings. The second kappa shape index (κ2) is 4.68. The quantitative estimate of drug-likeness (QED) is 0.825. The summed E-state index contributed by atoms with van der Waals surface area (Å²) in [6.45, 7) is 0.0831. The maximum atomic E-state index is 12.5. The molecule has 1 aromatic heterocycles. The van der Waals surface area contributed by atoms with Crippen LogP contribution in [0.15, 0.2) is 35.5 Å². The van der Waals surface area contributed by atoms with Crippen molar-refractivity contribution in [3.8, 4) is 5.69 Å². The highest BCUT2D eigenvalue weighted by molar-refractivity contribution is 7.89. The molecule has 0 aliphatic carbocycles. The van der Waals surface area contributed by atoms with Crippen LogP contribution in [0.4, 0.5) is 0 Å². The Morgan fingerprint density at radius 3 is 2.76 bits per heavy atom. The lowest BCUT2D eigenvalue weighted by molar-refractivity contribution is 0.0957. The number of amides is 1. The predicted octanol–water partition coefficient (Wildman–Crippen LogP) is 0.366. The summed E-state index contributed by atoms with van der Waals surface area (Å²) in [5, 5.41) is 2.51. The molecule has 0 bridgehead atoms. The molecule has 3 rings (SSSR count). The van der Waals surface area contributed by atoms with Crippen LogP contribution in [0.3, 0.4) is 0 Å². The van der Waals surface area contributed by atoms with E-state index in [4.69, 9.17) is 0 Å². The summed E-state index contributed by atoms with van der Waals surface area (Å²) in [6, 6.07) is 6.68. The van der Waals surface area contributed by atoms with E-state index in [1.807, 2.05) is 0 Å². The van der Waals surface area contributed by atoms with Gasteiger partial charge in [-0.3, -0.25) is 9.36 Å². The van der Waals surface area contributed by atoms with Crippen LogP contribution < -0.4 is 5.32 Å². The molecular formula is C13H14N4O3S. The Morgan fingerprint density at radius 1 is 1.33 bits per heavy atom. The summed E-state index contributed by atoms with van der Waals surface area (Å²) in [5.74, 6) is -0.339. The van der Waals surface area contributed by atoms with Gasteiger partial charge in [-0.15, -0.1) is 0 Å². The zero-order chi connectivity index (χ0) is 15.2. The largest absolute Gasteiger partial charge is 0.354 e. The Kier molecular flexibility index (Phi) is 3.07. The Morgan fingerprint density at radius 2 is 2.05 bits per heavy atom. The molecule has 1 aliphatic heterocycles. The van der Waals surface area contributed by atoms with Crippen LogP contribution in [0.5, 0.6) is 0 Å². The fourth-order valence-corrected chi connectivity index (χ4v) is 3.69. The molecule has 8 heteroatoms. The van der Waals surface area contributed by atoms with Crippen LogP contribution in [-0.4, -0.2) is 42.3 Å². The van der Waals surface area contributed by atoms with Gasteiger partial charge in [-0.05, 0) is 12.1 Å². The highest BCUT2D eigenvalue weighted by atomic mass is 32.2. The van der Waals surface area contributed by atoms with Gasteiger partial charge in [0.1, 0.15) is 11.2 Å². The number of fused-ring (bicyclic) bond motifs is 3. The average molecular weight is 306 g/mol. The molecule has 0 atom stereocenters. The number of para-hydroxylation sites is 1. The van der Waals surface area contributed by atoms with E-state index in [1.54, 1.807) is 28.8 Å². The van der Waals surface area contributed by atoms with Crippen molar-refractivity contribution in [1.29, 1.82) is 0 Å². The van der Waals surface area contributed by atoms with Crippen LogP contribution in [0.2, 0.25) is 0 Å². The fraction of sp³-hybridized carbons (Fsp3) is 0.231. The standard InChI is InChI=1S/C13H14N4O3S/c1-14-13(18)12-10-7-16(2)21(19,20)11-6-4-3-5-9(11)17(10)8-15-12/h3-6,8H,7H2,1-2H3,(H,14,18). The van der Waals surface area contributed by atoms with E-state index in [-0.39, 0.29) is 23.0 Å². The number of hydrogen-bond donors (Lipinski definition) is 1. The Hall–Kier alpha value is -2.19. The molecule has 21 heavy (non-hydrogen) atoms. The number of nitrogens with zero attached hydrogens (tertiary/aromatic N) is 3. The Labute approximate surface area is 122 Å². The molecule has 1 N–H and O–H groups in total. The SMILES string of the molecule is CNC(=O)c1ncn2c1CN(C)S(=O)(=O)c1ccccc1-2. The average Bonchev–Trinajstić information content (AvgIpc) is 2.86. The second-order valence-corrected chi connectivity index (χ2v) is 6.73. The number of carbonyl (C=O) groups excluding carboxylic acids is 1. The van der Waals surface area contributed by atoms with E-state index >= 15 is 0 Å². The number of nitrogens with one attached hydrogen (secondary N) is 1. The molecule has 0 unspecified atom stereocenters. The molecule has 1 amide bonds. The van der Waals surface area contributed by atoms with Crippen LogP contribution in [0.1, 0.15) is 16.2 Å². The minimum Gasteiger partial charge on any atom is -0.354 e. The highest BCUT2D eigenvalue weighted by Gasteiger charge is 2.32. The molecule has 0 radical (unpaired) electrons. The molecule has 7 nitrogen and oxygen atoms in total. The summed E-state index contributed by atoms with van der Waals surface area (Å²) in [5.41, 5.74) is 1.28. The van der Waals surface area contributed by atoms with Crippen molar-refractivity contribution in [1.82, 2.24) is 19.2 Å². The van der Waals surface area contributed by atoms with Gasteiger partial charge in [-0.25, -0.2) is 13.4 Å². The number of benzene rings is 1. The minimum absolute atomic E-state index is 0.0831. The molecule has 0 spiro atoms. The van der Waals surface area contributed by atoms with Gasteiger partial charge >= 0.3 is 0 Å². The zero-order valence-corrected chi connectivity index (χ0v) is 12.4. The monoisotopic (exact) mass is 306 g/mol. The van der Waals surface area contributed by atoms with Crippen LogP contribution in [-0.2, 0) is 16.6 Å². The Bertz CT molecular complexity index is 826. The van der Waals surface area contributed by atoms with Gasteiger partial charge in [-0.2, -0.15) is 4.31 Å². The zero-order valence-electron chi connectivity index (χ0n) is 11.6. The number of aromatic nitrogens is 2. The van der Waals surface area contributed by atoms with E-state index in [0.29, 0.717) is 11.4 Å². The van der Waals surface area contributed by atoms with Crippen LogP contribution >= 0.6 is 0 Å². The van der Waals surface area contributed by atoms with Crippen LogP contribution in [0, 0.1) is 0 Å². The Balaban J connectivity index is 2.33. The molecule has 110 valence electrons. The summed E-state index contributed by atoms with van der Waals surface area (Å²) < 4.78 is 27.9. The van der Waals surface area contributed by atoms with Gasteiger partial charge in [0.05, 0.1) is 17.9 Å². The van der Waals surface area contributed by atoms with Crippen molar-refractivity contribution >= 4 is 15.9 Å². The third-order valence-corrected chi connectivity index (χ3v) is 5.34. The van der Waals surface area contributed by atoms with Gasteiger partial charge in [0.2, 0.25) is 10.0 Å². The molecule has 0 saturated carbocycles. The smallest absolute Gasteiger partial charge is 0.271 e. The highest BCUT2D eigenvalue weighted by Crippen LogP contribution is 2.30. The normalized spacial score (nSPS) is 16.7. The van der Waals surface area contributed by atoms with Crippen molar-refractivity contribution < 1.29 is 13.2 Å². The van der Waals surface area contributed by atoms with Crippen LogP contribution in [0.25, 0.3) is 5.69 Å². The van der Waals surface area contributed by atoms with Crippen molar-refractivity contribution in [2.45, 2.75) is 11.4 Å². The van der Waals surface area contributed by atoms with E-state index in [0.717, 1.165) is 0 Å². The third kappa shape index (κ3) is 1.95. The van der Waals surface area contributed by atoms with Gasteiger partial charge in [0.25, 0.3) is 5.91 Å². The fourth-order valence-electron chi connectivity index (χ4n) is 2.38. The number of carbonyl (C=O) groups is 1. The summed E-state index contributed by atoms with van der Waals surface area (Å²) in [6.07, 6.45) is 1.48. The third-order valence-electron chi connectivity index (χ3n) is 3.49. The summed E-state index contributed by atoms with van der Waals surface area (Å²) in [7, 11) is -0.589. The first-order chi connectivity index (χ1) is 9.96. The number of sulfonamides is 1. The molecule has 0 saturated heterocycles.